The third-order valence-corrected chi connectivity index (χ3v) is 5.63. The number of thiophene rings is 1. The van der Waals surface area contributed by atoms with Crippen LogP contribution in [0.3, 0.4) is 0 Å². The topological polar surface area (TPSA) is 68.5 Å². The van der Waals surface area contributed by atoms with Gasteiger partial charge in [0.2, 0.25) is 11.8 Å². The molecular weight excluding hydrogens is 314 g/mol. The van der Waals surface area contributed by atoms with Gasteiger partial charge in [0.15, 0.2) is 0 Å². The van der Waals surface area contributed by atoms with E-state index in [1.165, 1.54) is 11.3 Å². The summed E-state index contributed by atoms with van der Waals surface area (Å²) >= 11 is 1.52. The van der Waals surface area contributed by atoms with Crippen LogP contribution >= 0.6 is 11.3 Å². The third kappa shape index (κ3) is 2.79. The summed E-state index contributed by atoms with van der Waals surface area (Å²) in [6, 6.07) is 1.99. The summed E-state index contributed by atoms with van der Waals surface area (Å²) in [6.07, 6.45) is 1.85. The van der Waals surface area contributed by atoms with Gasteiger partial charge in [-0.1, -0.05) is 0 Å². The predicted octanol–water partition coefficient (Wildman–Crippen LogP) is 2.22. The van der Waals surface area contributed by atoms with Crippen LogP contribution in [0.25, 0.3) is 0 Å². The molecule has 1 amide bonds. The van der Waals surface area contributed by atoms with E-state index in [0.717, 1.165) is 23.4 Å². The second kappa shape index (κ2) is 5.72. The van der Waals surface area contributed by atoms with E-state index in [-0.39, 0.29) is 18.1 Å². The molecule has 23 heavy (non-hydrogen) atoms. The van der Waals surface area contributed by atoms with Crippen LogP contribution < -0.4 is 0 Å². The van der Waals surface area contributed by atoms with Crippen LogP contribution in [0.2, 0.25) is 0 Å². The number of aryl methyl sites for hydroxylation is 2. The highest BCUT2D eigenvalue weighted by atomic mass is 32.1. The number of hydrogen-bond acceptors (Lipinski definition) is 6. The van der Waals surface area contributed by atoms with Gasteiger partial charge in [0, 0.05) is 25.9 Å². The Kier molecular flexibility index (Phi) is 3.69. The summed E-state index contributed by atoms with van der Waals surface area (Å²) in [7, 11) is 0. The van der Waals surface area contributed by atoms with Crippen LogP contribution in [0.4, 0.5) is 0 Å². The van der Waals surface area contributed by atoms with Crippen molar-refractivity contribution in [2.45, 2.75) is 38.9 Å². The SMILES string of the molecule is Cc1nnc(C[C@H]2C[C@H]3CN(C(=O)c4sccc4C)C[C@H]3O2)o1. The Morgan fingerprint density at radius 1 is 1.39 bits per heavy atom. The Bertz CT molecular complexity index is 712. The number of carbonyl (C=O) groups excluding carboxylic acids is 1. The molecule has 7 heteroatoms. The first kappa shape index (κ1) is 14.8. The molecule has 0 radical (unpaired) electrons. The van der Waals surface area contributed by atoms with E-state index in [0.29, 0.717) is 30.7 Å². The summed E-state index contributed by atoms with van der Waals surface area (Å²) in [4.78, 5) is 15.4. The largest absolute Gasteiger partial charge is 0.426 e. The van der Waals surface area contributed by atoms with E-state index in [2.05, 4.69) is 10.2 Å². The second-order valence-corrected chi connectivity index (χ2v) is 7.27. The number of aromatic nitrogens is 2. The molecule has 2 aliphatic heterocycles. The van der Waals surface area contributed by atoms with Gasteiger partial charge in [-0.2, -0.15) is 0 Å². The minimum Gasteiger partial charge on any atom is -0.426 e. The Morgan fingerprint density at radius 2 is 2.26 bits per heavy atom. The second-order valence-electron chi connectivity index (χ2n) is 6.35. The van der Waals surface area contributed by atoms with Gasteiger partial charge in [0.05, 0.1) is 23.5 Å². The Hall–Kier alpha value is -1.73. The van der Waals surface area contributed by atoms with Gasteiger partial charge in [-0.15, -0.1) is 21.5 Å². The standard InChI is InChI=1S/C16H19N3O3S/c1-9-3-4-23-15(9)16(20)19-7-11-5-12(22-13(11)8-19)6-14-18-17-10(2)21-14/h3-4,11-13H,5-8H2,1-2H3/t11-,12+,13+/m0/s1. The number of fused-ring (bicyclic) bond motifs is 1. The highest BCUT2D eigenvalue weighted by Crippen LogP contribution is 2.35. The predicted molar refractivity (Wildman–Crippen MR) is 84.5 cm³/mol. The zero-order chi connectivity index (χ0) is 16.0. The fourth-order valence-corrected chi connectivity index (χ4v) is 4.40. The number of carbonyl (C=O) groups is 1. The summed E-state index contributed by atoms with van der Waals surface area (Å²) in [6.45, 7) is 5.23. The number of amides is 1. The molecule has 2 aromatic heterocycles. The maximum absolute atomic E-state index is 12.6. The fraction of sp³-hybridized carbons (Fsp3) is 0.562. The molecule has 2 aliphatic rings. The number of ether oxygens (including phenoxy) is 1. The fourth-order valence-electron chi connectivity index (χ4n) is 3.51. The van der Waals surface area contributed by atoms with Gasteiger partial charge in [-0.25, -0.2) is 0 Å². The molecule has 0 aliphatic carbocycles. The highest BCUT2D eigenvalue weighted by molar-refractivity contribution is 7.12. The molecule has 0 bridgehead atoms. The van der Waals surface area contributed by atoms with Gasteiger partial charge in [0.25, 0.3) is 5.91 Å². The Balaban J connectivity index is 1.36. The molecule has 0 spiro atoms. The lowest BCUT2D eigenvalue weighted by Crippen LogP contribution is -2.31. The van der Waals surface area contributed by atoms with Crippen molar-refractivity contribution in [3.63, 3.8) is 0 Å². The number of nitrogens with zero attached hydrogens (tertiary/aromatic N) is 3. The maximum atomic E-state index is 12.6. The minimum atomic E-state index is 0.116. The quantitative estimate of drug-likeness (QED) is 0.861. The average molecular weight is 333 g/mol. The number of hydrogen-bond donors (Lipinski definition) is 0. The van der Waals surface area contributed by atoms with E-state index in [4.69, 9.17) is 9.15 Å². The molecule has 0 saturated carbocycles. The van der Waals surface area contributed by atoms with Crippen LogP contribution in [0, 0.1) is 19.8 Å². The minimum absolute atomic E-state index is 0.116. The zero-order valence-electron chi connectivity index (χ0n) is 13.2. The molecule has 6 nitrogen and oxygen atoms in total. The first-order valence-corrected chi connectivity index (χ1v) is 8.76. The molecule has 2 saturated heterocycles. The number of rotatable bonds is 3. The van der Waals surface area contributed by atoms with Gasteiger partial charge in [0.1, 0.15) is 0 Å². The van der Waals surface area contributed by atoms with E-state index < -0.39 is 0 Å². The lowest BCUT2D eigenvalue weighted by atomic mass is 10.0. The normalized spacial score (nSPS) is 26.7. The lowest BCUT2D eigenvalue weighted by Gasteiger charge is -2.18. The molecule has 4 heterocycles. The molecule has 2 aromatic rings. The van der Waals surface area contributed by atoms with Crippen LogP contribution in [-0.4, -0.2) is 46.3 Å². The number of likely N-dealkylation sites (tertiary alicyclic amines) is 1. The van der Waals surface area contributed by atoms with Crippen molar-refractivity contribution in [1.29, 1.82) is 0 Å². The van der Waals surface area contributed by atoms with E-state index in [1.807, 2.05) is 23.3 Å². The Morgan fingerprint density at radius 3 is 2.91 bits per heavy atom. The molecule has 122 valence electrons. The van der Waals surface area contributed by atoms with Crippen LogP contribution in [0.1, 0.15) is 33.4 Å². The van der Waals surface area contributed by atoms with Crippen molar-refractivity contribution in [3.8, 4) is 0 Å². The molecule has 2 fully saturated rings. The molecule has 0 aromatic carbocycles. The van der Waals surface area contributed by atoms with Crippen molar-refractivity contribution in [2.75, 3.05) is 13.1 Å². The van der Waals surface area contributed by atoms with Gasteiger partial charge in [-0.3, -0.25) is 4.79 Å². The molecule has 4 rings (SSSR count). The molecule has 0 unspecified atom stereocenters. The van der Waals surface area contributed by atoms with Crippen LogP contribution in [-0.2, 0) is 11.2 Å². The average Bonchev–Trinajstić information content (AvgIpc) is 3.23. The van der Waals surface area contributed by atoms with E-state index in [9.17, 15) is 4.79 Å². The van der Waals surface area contributed by atoms with Gasteiger partial charge in [-0.05, 0) is 30.4 Å². The van der Waals surface area contributed by atoms with Crippen LogP contribution in [0.5, 0.6) is 0 Å². The summed E-state index contributed by atoms with van der Waals surface area (Å²) in [5.41, 5.74) is 1.06. The van der Waals surface area contributed by atoms with Crippen molar-refractivity contribution < 1.29 is 13.9 Å². The summed E-state index contributed by atoms with van der Waals surface area (Å²) in [5, 5.41) is 9.85. The van der Waals surface area contributed by atoms with E-state index >= 15 is 0 Å². The van der Waals surface area contributed by atoms with Crippen molar-refractivity contribution >= 4 is 17.2 Å². The molecule has 3 atom stereocenters. The summed E-state index contributed by atoms with van der Waals surface area (Å²) in [5.74, 6) is 1.77. The van der Waals surface area contributed by atoms with Crippen LogP contribution in [0.15, 0.2) is 15.9 Å². The molecular formula is C16H19N3O3S. The van der Waals surface area contributed by atoms with Gasteiger partial charge >= 0.3 is 0 Å². The van der Waals surface area contributed by atoms with Crippen molar-refractivity contribution in [1.82, 2.24) is 15.1 Å². The highest BCUT2D eigenvalue weighted by Gasteiger charge is 2.44. The molecule has 0 N–H and O–H groups in total. The lowest BCUT2D eigenvalue weighted by molar-refractivity contribution is 0.0336. The zero-order valence-corrected chi connectivity index (χ0v) is 14.0. The van der Waals surface area contributed by atoms with Crippen molar-refractivity contribution in [2.24, 2.45) is 5.92 Å². The third-order valence-electron chi connectivity index (χ3n) is 4.63. The smallest absolute Gasteiger partial charge is 0.264 e. The summed E-state index contributed by atoms with van der Waals surface area (Å²) < 4.78 is 11.5. The maximum Gasteiger partial charge on any atom is 0.264 e. The van der Waals surface area contributed by atoms with Gasteiger partial charge < -0.3 is 14.1 Å². The first-order chi connectivity index (χ1) is 11.1. The van der Waals surface area contributed by atoms with Crippen molar-refractivity contribution in [3.05, 3.63) is 33.7 Å². The Labute approximate surface area is 138 Å². The monoisotopic (exact) mass is 333 g/mol. The first-order valence-electron chi connectivity index (χ1n) is 7.88. The van der Waals surface area contributed by atoms with E-state index in [1.54, 1.807) is 6.92 Å².